The van der Waals surface area contributed by atoms with Gasteiger partial charge in [-0.3, -0.25) is 0 Å². The molecule has 0 spiro atoms. The number of alkyl halides is 3. The van der Waals surface area contributed by atoms with Crippen molar-refractivity contribution < 1.29 is 21.6 Å². The van der Waals surface area contributed by atoms with Crippen LogP contribution in [0.15, 0.2) is 29.2 Å². The fraction of sp³-hybridized carbons (Fsp3) is 0.538. The van der Waals surface area contributed by atoms with Gasteiger partial charge in [0.1, 0.15) is 0 Å². The van der Waals surface area contributed by atoms with Crippen molar-refractivity contribution in [3.8, 4) is 0 Å². The Kier molecular flexibility index (Phi) is 5.77. The number of sulfonamides is 1. The number of hydrogen-bond donors (Lipinski definition) is 1. The van der Waals surface area contributed by atoms with E-state index in [1.807, 2.05) is 0 Å². The topological polar surface area (TPSA) is 63.4 Å². The smallest absolute Gasteiger partial charge is 0.330 e. The summed E-state index contributed by atoms with van der Waals surface area (Å²) < 4.78 is 65.1. The highest BCUT2D eigenvalue weighted by atomic mass is 32.2. The van der Waals surface area contributed by atoms with Crippen LogP contribution in [0.5, 0.6) is 0 Å². The molecule has 1 rings (SSSR count). The van der Waals surface area contributed by atoms with Crippen molar-refractivity contribution in [2.45, 2.75) is 37.4 Å². The lowest BCUT2D eigenvalue weighted by Gasteiger charge is -2.27. The van der Waals surface area contributed by atoms with Crippen LogP contribution in [-0.4, -0.2) is 31.9 Å². The highest BCUT2D eigenvalue weighted by molar-refractivity contribution is 7.89. The monoisotopic (exact) mass is 324 g/mol. The summed E-state index contributed by atoms with van der Waals surface area (Å²) in [7, 11) is -4.23. The number of halogens is 3. The second-order valence-electron chi connectivity index (χ2n) is 4.85. The quantitative estimate of drug-likeness (QED) is 0.874. The Balaban J connectivity index is 3.36. The molecule has 0 bridgehead atoms. The minimum Gasteiger partial charge on any atom is -0.330 e. The van der Waals surface area contributed by atoms with Crippen LogP contribution in [0.1, 0.15) is 25.8 Å². The van der Waals surface area contributed by atoms with Crippen LogP contribution in [0, 0.1) is 0 Å². The first-order chi connectivity index (χ1) is 9.62. The molecule has 1 aromatic rings. The van der Waals surface area contributed by atoms with Gasteiger partial charge < -0.3 is 5.73 Å². The van der Waals surface area contributed by atoms with Gasteiger partial charge in [-0.25, -0.2) is 8.42 Å². The Morgan fingerprint density at radius 1 is 1.24 bits per heavy atom. The van der Waals surface area contributed by atoms with Gasteiger partial charge in [-0.2, -0.15) is 17.5 Å². The van der Waals surface area contributed by atoms with Crippen molar-refractivity contribution in [1.82, 2.24) is 4.31 Å². The van der Waals surface area contributed by atoms with Gasteiger partial charge in [0, 0.05) is 12.6 Å². The first kappa shape index (κ1) is 17.9. The van der Waals surface area contributed by atoms with E-state index in [0.29, 0.717) is 6.42 Å². The molecule has 0 fully saturated rings. The Morgan fingerprint density at radius 2 is 1.81 bits per heavy atom. The molecule has 0 amide bonds. The molecule has 0 aliphatic carbocycles. The summed E-state index contributed by atoms with van der Waals surface area (Å²) in [4.78, 5) is -0.719. The molecule has 0 atom stereocenters. The van der Waals surface area contributed by atoms with E-state index in [0.717, 1.165) is 16.4 Å². The lowest BCUT2D eigenvalue weighted by molar-refractivity contribution is -0.139. The molecule has 1 aromatic carbocycles. The van der Waals surface area contributed by atoms with Crippen LogP contribution in [0.4, 0.5) is 13.2 Å². The Hall–Kier alpha value is -1.12. The summed E-state index contributed by atoms with van der Waals surface area (Å²) in [5.74, 6) is 0. The van der Waals surface area contributed by atoms with Crippen molar-refractivity contribution in [3.05, 3.63) is 29.8 Å². The van der Waals surface area contributed by atoms with E-state index in [1.165, 1.54) is 12.1 Å². The standard InChI is InChI=1S/C13H19F3N2O2S/c1-10(2)18(9-5-8-17)21(19,20)12-7-4-3-6-11(12)13(14,15)16/h3-4,6-7,10H,5,8-9,17H2,1-2H3. The molecular formula is C13H19F3N2O2S. The van der Waals surface area contributed by atoms with Gasteiger partial charge >= 0.3 is 6.18 Å². The van der Waals surface area contributed by atoms with E-state index in [-0.39, 0.29) is 13.1 Å². The number of benzene rings is 1. The van der Waals surface area contributed by atoms with Gasteiger partial charge in [0.05, 0.1) is 10.5 Å². The summed E-state index contributed by atoms with van der Waals surface area (Å²) in [5, 5.41) is 0. The number of rotatable bonds is 6. The molecule has 0 heterocycles. The zero-order chi connectivity index (χ0) is 16.3. The van der Waals surface area contributed by atoms with Crippen LogP contribution in [-0.2, 0) is 16.2 Å². The third kappa shape index (κ3) is 4.18. The van der Waals surface area contributed by atoms with E-state index in [9.17, 15) is 21.6 Å². The third-order valence-corrected chi connectivity index (χ3v) is 5.07. The maximum Gasteiger partial charge on any atom is 0.417 e. The van der Waals surface area contributed by atoms with E-state index < -0.39 is 32.7 Å². The average Bonchev–Trinajstić information content (AvgIpc) is 2.37. The maximum atomic E-state index is 13.0. The fourth-order valence-corrected chi connectivity index (χ4v) is 3.84. The second kappa shape index (κ2) is 6.76. The van der Waals surface area contributed by atoms with Crippen molar-refractivity contribution in [3.63, 3.8) is 0 Å². The van der Waals surface area contributed by atoms with Gasteiger partial charge in [-0.1, -0.05) is 12.1 Å². The molecule has 120 valence electrons. The minimum absolute atomic E-state index is 0.0860. The van der Waals surface area contributed by atoms with Crippen molar-refractivity contribution in [2.24, 2.45) is 5.73 Å². The maximum absolute atomic E-state index is 13.0. The molecule has 0 saturated heterocycles. The zero-order valence-electron chi connectivity index (χ0n) is 11.9. The molecule has 0 aromatic heterocycles. The zero-order valence-corrected chi connectivity index (χ0v) is 12.7. The van der Waals surface area contributed by atoms with Gasteiger partial charge in [0.15, 0.2) is 0 Å². The predicted molar refractivity (Wildman–Crippen MR) is 74.1 cm³/mol. The van der Waals surface area contributed by atoms with Crippen molar-refractivity contribution in [1.29, 1.82) is 0 Å². The molecule has 4 nitrogen and oxygen atoms in total. The highest BCUT2D eigenvalue weighted by Crippen LogP contribution is 2.35. The summed E-state index contributed by atoms with van der Waals surface area (Å²) in [6.45, 7) is 3.58. The molecule has 0 aliphatic rings. The number of nitrogens with zero attached hydrogens (tertiary/aromatic N) is 1. The first-order valence-electron chi connectivity index (χ1n) is 6.50. The molecule has 21 heavy (non-hydrogen) atoms. The highest BCUT2D eigenvalue weighted by Gasteiger charge is 2.39. The van der Waals surface area contributed by atoms with Crippen molar-refractivity contribution >= 4 is 10.0 Å². The van der Waals surface area contributed by atoms with E-state index >= 15 is 0 Å². The Labute approximate surface area is 122 Å². The lowest BCUT2D eigenvalue weighted by Crippen LogP contribution is -2.39. The minimum atomic E-state index is -4.72. The van der Waals surface area contributed by atoms with Crippen LogP contribution >= 0.6 is 0 Å². The molecule has 2 N–H and O–H groups in total. The molecule has 8 heteroatoms. The van der Waals surface area contributed by atoms with Crippen molar-refractivity contribution in [2.75, 3.05) is 13.1 Å². The average molecular weight is 324 g/mol. The largest absolute Gasteiger partial charge is 0.417 e. The Morgan fingerprint density at radius 3 is 2.29 bits per heavy atom. The van der Waals surface area contributed by atoms with E-state index in [2.05, 4.69) is 0 Å². The summed E-state index contributed by atoms with van der Waals surface area (Å²) >= 11 is 0. The van der Waals surface area contributed by atoms with Crippen LogP contribution < -0.4 is 5.73 Å². The van der Waals surface area contributed by atoms with Gasteiger partial charge in [-0.15, -0.1) is 0 Å². The molecular weight excluding hydrogens is 305 g/mol. The van der Waals surface area contributed by atoms with E-state index in [1.54, 1.807) is 13.8 Å². The summed E-state index contributed by atoms with van der Waals surface area (Å²) in [5.41, 5.74) is 4.21. The summed E-state index contributed by atoms with van der Waals surface area (Å²) in [6, 6.07) is 3.75. The lowest BCUT2D eigenvalue weighted by atomic mass is 10.2. The number of hydrogen-bond acceptors (Lipinski definition) is 3. The summed E-state index contributed by atoms with van der Waals surface area (Å²) in [6.07, 6.45) is -4.34. The predicted octanol–water partition coefficient (Wildman–Crippen LogP) is 2.45. The molecule has 0 saturated carbocycles. The molecule has 0 radical (unpaired) electrons. The third-order valence-electron chi connectivity index (χ3n) is 2.94. The normalized spacial score (nSPS) is 13.1. The van der Waals surface area contributed by atoms with Gasteiger partial charge in [-0.05, 0) is 38.9 Å². The first-order valence-corrected chi connectivity index (χ1v) is 7.94. The second-order valence-corrected chi connectivity index (χ2v) is 6.70. The van der Waals surface area contributed by atoms with Gasteiger partial charge in [0.25, 0.3) is 0 Å². The van der Waals surface area contributed by atoms with E-state index in [4.69, 9.17) is 5.73 Å². The van der Waals surface area contributed by atoms with Gasteiger partial charge in [0.2, 0.25) is 10.0 Å². The van der Waals surface area contributed by atoms with Crippen LogP contribution in [0.3, 0.4) is 0 Å². The fourth-order valence-electron chi connectivity index (χ4n) is 1.96. The molecule has 0 aliphatic heterocycles. The van der Waals surface area contributed by atoms with Crippen LogP contribution in [0.2, 0.25) is 0 Å². The number of nitrogens with two attached hydrogens (primary N) is 1. The SMILES string of the molecule is CC(C)N(CCCN)S(=O)(=O)c1ccccc1C(F)(F)F. The van der Waals surface area contributed by atoms with Crippen LogP contribution in [0.25, 0.3) is 0 Å². The molecule has 0 unspecified atom stereocenters. The Bertz CT molecular complexity index is 571.